The highest BCUT2D eigenvalue weighted by Crippen LogP contribution is 2.18. The van der Waals surface area contributed by atoms with Crippen molar-refractivity contribution in [2.24, 2.45) is 0 Å². The summed E-state index contributed by atoms with van der Waals surface area (Å²) in [6, 6.07) is 5.66. The molecule has 1 aromatic rings. The van der Waals surface area contributed by atoms with E-state index in [-0.39, 0.29) is 5.97 Å². The molecule has 1 aromatic carbocycles. The van der Waals surface area contributed by atoms with Crippen molar-refractivity contribution in [2.75, 3.05) is 0 Å². The van der Waals surface area contributed by atoms with Gasteiger partial charge in [0, 0.05) is 5.57 Å². The van der Waals surface area contributed by atoms with Crippen molar-refractivity contribution < 1.29 is 9.53 Å². The van der Waals surface area contributed by atoms with Crippen molar-refractivity contribution >= 4 is 5.97 Å². The van der Waals surface area contributed by atoms with Gasteiger partial charge in [0.1, 0.15) is 5.75 Å². The van der Waals surface area contributed by atoms with Gasteiger partial charge in [-0.15, -0.1) is 0 Å². The Morgan fingerprint density at radius 1 is 1.47 bits per heavy atom. The first-order chi connectivity index (χ1) is 7.04. The number of benzene rings is 1. The molecule has 0 saturated heterocycles. The molecular formula is C13H16O2. The fourth-order valence-electron chi connectivity index (χ4n) is 1.29. The maximum absolute atomic E-state index is 11.3. The van der Waals surface area contributed by atoms with Crippen LogP contribution in [-0.4, -0.2) is 5.97 Å². The van der Waals surface area contributed by atoms with E-state index in [9.17, 15) is 4.79 Å². The number of hydrogen-bond donors (Lipinski definition) is 0. The highest BCUT2D eigenvalue weighted by atomic mass is 16.5. The molecule has 0 aliphatic carbocycles. The smallest absolute Gasteiger partial charge is 0.338 e. The molecule has 0 saturated carbocycles. The van der Waals surface area contributed by atoms with Crippen LogP contribution >= 0.6 is 0 Å². The van der Waals surface area contributed by atoms with Crippen LogP contribution in [0.4, 0.5) is 0 Å². The first-order valence-corrected chi connectivity index (χ1v) is 5.01. The second-order valence-corrected chi connectivity index (χ2v) is 3.61. The molecule has 0 N–H and O–H groups in total. The van der Waals surface area contributed by atoms with E-state index in [1.165, 1.54) is 11.1 Å². The maximum Gasteiger partial charge on any atom is 0.338 e. The van der Waals surface area contributed by atoms with Gasteiger partial charge in [-0.3, -0.25) is 0 Å². The Balaban J connectivity index is 2.87. The van der Waals surface area contributed by atoms with Crippen LogP contribution in [0, 0.1) is 6.92 Å². The lowest BCUT2D eigenvalue weighted by atomic mass is 10.1. The number of hydrogen-bond acceptors (Lipinski definition) is 2. The van der Waals surface area contributed by atoms with Crippen LogP contribution in [0.15, 0.2) is 30.4 Å². The lowest BCUT2D eigenvalue weighted by Gasteiger charge is -2.07. The largest absolute Gasteiger partial charge is 0.423 e. The number of carbonyl (C=O) groups is 1. The predicted molar refractivity (Wildman–Crippen MR) is 61.0 cm³/mol. The van der Waals surface area contributed by atoms with Gasteiger partial charge in [0.15, 0.2) is 0 Å². The van der Waals surface area contributed by atoms with Crippen molar-refractivity contribution in [1.82, 2.24) is 0 Å². The lowest BCUT2D eigenvalue weighted by Crippen LogP contribution is -2.08. The van der Waals surface area contributed by atoms with Gasteiger partial charge in [0.25, 0.3) is 0 Å². The first-order valence-electron chi connectivity index (χ1n) is 5.01. The molecule has 0 bridgehead atoms. The number of aryl methyl sites for hydroxylation is 2. The molecule has 0 aliphatic heterocycles. The Morgan fingerprint density at radius 3 is 2.67 bits per heavy atom. The summed E-state index contributed by atoms with van der Waals surface area (Å²) in [4.78, 5) is 11.3. The van der Waals surface area contributed by atoms with Crippen molar-refractivity contribution in [3.63, 3.8) is 0 Å². The van der Waals surface area contributed by atoms with Gasteiger partial charge in [0.05, 0.1) is 0 Å². The van der Waals surface area contributed by atoms with E-state index in [0.717, 1.165) is 6.42 Å². The van der Waals surface area contributed by atoms with Gasteiger partial charge in [-0.05, 0) is 43.5 Å². The van der Waals surface area contributed by atoms with Crippen LogP contribution < -0.4 is 4.74 Å². The van der Waals surface area contributed by atoms with Crippen LogP contribution in [0.5, 0.6) is 5.75 Å². The van der Waals surface area contributed by atoms with Gasteiger partial charge in [0.2, 0.25) is 0 Å². The quantitative estimate of drug-likeness (QED) is 0.430. The summed E-state index contributed by atoms with van der Waals surface area (Å²) < 4.78 is 5.13. The fourth-order valence-corrected chi connectivity index (χ4v) is 1.29. The predicted octanol–water partition coefficient (Wildman–Crippen LogP) is 3.04. The molecule has 0 amide bonds. The Hall–Kier alpha value is -1.57. The minimum atomic E-state index is -0.374. The number of carbonyl (C=O) groups excluding carboxylic acids is 1. The SMILES string of the molecule is C=C(C)C(=O)Oc1ccc(C)c(CC)c1. The molecule has 15 heavy (non-hydrogen) atoms. The van der Waals surface area contributed by atoms with E-state index >= 15 is 0 Å². The Kier molecular flexibility index (Phi) is 3.67. The molecule has 1 rings (SSSR count). The zero-order chi connectivity index (χ0) is 11.4. The van der Waals surface area contributed by atoms with Gasteiger partial charge >= 0.3 is 5.97 Å². The van der Waals surface area contributed by atoms with E-state index < -0.39 is 0 Å². The number of ether oxygens (including phenoxy) is 1. The van der Waals surface area contributed by atoms with Gasteiger partial charge < -0.3 is 4.74 Å². The topological polar surface area (TPSA) is 26.3 Å². The Labute approximate surface area is 90.6 Å². The lowest BCUT2D eigenvalue weighted by molar-refractivity contribution is -0.130. The van der Waals surface area contributed by atoms with Gasteiger partial charge in [-0.1, -0.05) is 19.6 Å². The third kappa shape index (κ3) is 2.94. The van der Waals surface area contributed by atoms with Crippen LogP contribution in [0.2, 0.25) is 0 Å². The third-order valence-electron chi connectivity index (χ3n) is 2.26. The second kappa shape index (κ2) is 4.78. The number of esters is 1. The molecule has 2 heteroatoms. The van der Waals surface area contributed by atoms with Crippen LogP contribution in [-0.2, 0) is 11.2 Å². The van der Waals surface area contributed by atoms with Crippen molar-refractivity contribution in [1.29, 1.82) is 0 Å². The van der Waals surface area contributed by atoms with E-state index in [1.54, 1.807) is 13.0 Å². The van der Waals surface area contributed by atoms with E-state index in [2.05, 4.69) is 13.5 Å². The van der Waals surface area contributed by atoms with Crippen LogP contribution in [0.3, 0.4) is 0 Å². The van der Waals surface area contributed by atoms with E-state index in [0.29, 0.717) is 11.3 Å². The molecule has 2 nitrogen and oxygen atoms in total. The zero-order valence-corrected chi connectivity index (χ0v) is 9.46. The Bertz CT molecular complexity index is 392. The molecule has 0 fully saturated rings. The molecule has 0 atom stereocenters. The zero-order valence-electron chi connectivity index (χ0n) is 9.46. The number of rotatable bonds is 3. The summed E-state index contributed by atoms with van der Waals surface area (Å²) in [6.45, 7) is 9.29. The van der Waals surface area contributed by atoms with E-state index in [4.69, 9.17) is 4.74 Å². The maximum atomic E-state index is 11.3. The summed E-state index contributed by atoms with van der Waals surface area (Å²) in [6.07, 6.45) is 0.935. The molecule has 80 valence electrons. The van der Waals surface area contributed by atoms with Crippen LogP contribution in [0.25, 0.3) is 0 Å². The highest BCUT2D eigenvalue weighted by molar-refractivity contribution is 5.88. The normalized spacial score (nSPS) is 9.80. The molecular weight excluding hydrogens is 188 g/mol. The summed E-state index contributed by atoms with van der Waals surface area (Å²) in [5.74, 6) is 0.214. The molecule has 0 aromatic heterocycles. The molecule has 0 radical (unpaired) electrons. The van der Waals surface area contributed by atoms with Crippen LogP contribution in [0.1, 0.15) is 25.0 Å². The minimum absolute atomic E-state index is 0.374. The average molecular weight is 204 g/mol. The molecule has 0 heterocycles. The monoisotopic (exact) mass is 204 g/mol. The fraction of sp³-hybridized carbons (Fsp3) is 0.308. The van der Waals surface area contributed by atoms with Crippen molar-refractivity contribution in [2.45, 2.75) is 27.2 Å². The summed E-state index contributed by atoms with van der Waals surface area (Å²) in [5, 5.41) is 0. The average Bonchev–Trinajstić information content (AvgIpc) is 2.20. The van der Waals surface area contributed by atoms with E-state index in [1.807, 2.05) is 19.1 Å². The van der Waals surface area contributed by atoms with Crippen molar-refractivity contribution in [3.05, 3.63) is 41.5 Å². The molecule has 0 aliphatic rings. The molecule has 0 spiro atoms. The summed E-state index contributed by atoms with van der Waals surface area (Å²) in [7, 11) is 0. The second-order valence-electron chi connectivity index (χ2n) is 3.61. The summed E-state index contributed by atoms with van der Waals surface area (Å²) >= 11 is 0. The van der Waals surface area contributed by atoms with Gasteiger partial charge in [-0.25, -0.2) is 4.79 Å². The molecule has 0 unspecified atom stereocenters. The Morgan fingerprint density at radius 2 is 2.13 bits per heavy atom. The third-order valence-corrected chi connectivity index (χ3v) is 2.26. The first kappa shape index (κ1) is 11.5. The standard InChI is InChI=1S/C13H16O2/c1-5-11-8-12(7-6-10(11)4)15-13(14)9(2)3/h6-8H,2,5H2,1,3-4H3. The van der Waals surface area contributed by atoms with Crippen molar-refractivity contribution in [3.8, 4) is 5.75 Å². The summed E-state index contributed by atoms with van der Waals surface area (Å²) in [5.41, 5.74) is 2.82. The highest BCUT2D eigenvalue weighted by Gasteiger charge is 2.06. The minimum Gasteiger partial charge on any atom is -0.423 e. The van der Waals surface area contributed by atoms with Gasteiger partial charge in [-0.2, -0.15) is 0 Å².